The van der Waals surface area contributed by atoms with E-state index in [1.54, 1.807) is 6.20 Å². The maximum atomic E-state index is 5.90. The minimum atomic E-state index is 0.291. The molecule has 0 amide bonds. The van der Waals surface area contributed by atoms with Gasteiger partial charge < -0.3 is 4.90 Å². The fraction of sp³-hybridized carbons (Fsp3) is 0.545. The normalized spacial score (nSPS) is 19.9. The van der Waals surface area contributed by atoms with Gasteiger partial charge in [-0.2, -0.15) is 11.8 Å². The SMILES string of the molecule is CC1(C)CN(c2ncc(Cl)cc2Br)CCS1. The number of pyridine rings is 1. The molecule has 0 radical (unpaired) electrons. The Morgan fingerprint density at radius 3 is 2.94 bits per heavy atom. The van der Waals surface area contributed by atoms with Crippen LogP contribution in [0.3, 0.4) is 0 Å². The molecule has 0 N–H and O–H groups in total. The summed E-state index contributed by atoms with van der Waals surface area (Å²) in [4.78, 5) is 6.72. The Kier molecular flexibility index (Phi) is 3.72. The van der Waals surface area contributed by atoms with Gasteiger partial charge in [0.15, 0.2) is 0 Å². The zero-order valence-corrected chi connectivity index (χ0v) is 12.5. The van der Waals surface area contributed by atoms with Crippen LogP contribution in [0, 0.1) is 0 Å². The van der Waals surface area contributed by atoms with Crippen LogP contribution in [0.4, 0.5) is 5.82 Å². The fourth-order valence-electron chi connectivity index (χ4n) is 1.84. The van der Waals surface area contributed by atoms with E-state index in [4.69, 9.17) is 11.6 Å². The molecule has 2 nitrogen and oxygen atoms in total. The van der Waals surface area contributed by atoms with Gasteiger partial charge in [0.25, 0.3) is 0 Å². The van der Waals surface area contributed by atoms with E-state index in [9.17, 15) is 0 Å². The van der Waals surface area contributed by atoms with Gasteiger partial charge in [-0.25, -0.2) is 4.98 Å². The van der Waals surface area contributed by atoms with Crippen molar-refractivity contribution in [3.8, 4) is 0 Å². The van der Waals surface area contributed by atoms with Crippen LogP contribution < -0.4 is 4.90 Å². The molecule has 0 aromatic carbocycles. The fourth-order valence-corrected chi connectivity index (χ4v) is 3.84. The van der Waals surface area contributed by atoms with Crippen molar-refractivity contribution >= 4 is 45.1 Å². The predicted octanol–water partition coefficient (Wildman–Crippen LogP) is 3.83. The van der Waals surface area contributed by atoms with E-state index in [1.807, 2.05) is 17.8 Å². The zero-order chi connectivity index (χ0) is 11.8. The molecule has 2 rings (SSSR count). The maximum Gasteiger partial charge on any atom is 0.143 e. The maximum absolute atomic E-state index is 5.90. The highest BCUT2D eigenvalue weighted by atomic mass is 79.9. The Labute approximate surface area is 114 Å². The number of anilines is 1. The smallest absolute Gasteiger partial charge is 0.143 e. The van der Waals surface area contributed by atoms with E-state index in [1.165, 1.54) is 0 Å². The van der Waals surface area contributed by atoms with Gasteiger partial charge in [-0.05, 0) is 35.8 Å². The van der Waals surface area contributed by atoms with Crippen molar-refractivity contribution in [3.63, 3.8) is 0 Å². The van der Waals surface area contributed by atoms with Crippen LogP contribution >= 0.6 is 39.3 Å². The number of aromatic nitrogens is 1. The Morgan fingerprint density at radius 2 is 2.31 bits per heavy atom. The van der Waals surface area contributed by atoms with E-state index < -0.39 is 0 Å². The third-order valence-corrected chi connectivity index (χ3v) is 4.60. The van der Waals surface area contributed by atoms with Crippen LogP contribution in [0.2, 0.25) is 5.02 Å². The molecule has 0 bridgehead atoms. The lowest BCUT2D eigenvalue weighted by Crippen LogP contribution is -2.43. The van der Waals surface area contributed by atoms with Crippen molar-refractivity contribution in [1.29, 1.82) is 0 Å². The van der Waals surface area contributed by atoms with Gasteiger partial charge >= 0.3 is 0 Å². The van der Waals surface area contributed by atoms with Crippen molar-refractivity contribution in [2.45, 2.75) is 18.6 Å². The molecule has 1 fully saturated rings. The minimum Gasteiger partial charge on any atom is -0.353 e. The summed E-state index contributed by atoms with van der Waals surface area (Å²) in [5.74, 6) is 2.14. The van der Waals surface area contributed by atoms with Crippen LogP contribution in [-0.2, 0) is 0 Å². The average molecular weight is 322 g/mol. The van der Waals surface area contributed by atoms with E-state index >= 15 is 0 Å². The minimum absolute atomic E-state index is 0.291. The van der Waals surface area contributed by atoms with E-state index in [0.29, 0.717) is 9.77 Å². The molecule has 5 heteroatoms. The van der Waals surface area contributed by atoms with Crippen LogP contribution in [0.5, 0.6) is 0 Å². The number of hydrogen-bond donors (Lipinski definition) is 0. The molecule has 0 atom stereocenters. The van der Waals surface area contributed by atoms with Crippen molar-refractivity contribution < 1.29 is 0 Å². The monoisotopic (exact) mass is 320 g/mol. The molecule has 1 aliphatic heterocycles. The first-order valence-corrected chi connectivity index (χ1v) is 7.33. The quantitative estimate of drug-likeness (QED) is 0.782. The van der Waals surface area contributed by atoms with Crippen LogP contribution in [0.1, 0.15) is 13.8 Å². The molecule has 0 aliphatic carbocycles. The number of hydrogen-bond acceptors (Lipinski definition) is 3. The average Bonchev–Trinajstić information content (AvgIpc) is 2.15. The molecular weight excluding hydrogens is 308 g/mol. The van der Waals surface area contributed by atoms with Gasteiger partial charge in [-0.1, -0.05) is 11.6 Å². The Hall–Kier alpha value is 0.0700. The number of nitrogens with zero attached hydrogens (tertiary/aromatic N) is 2. The van der Waals surface area contributed by atoms with Gasteiger partial charge in [0.05, 0.1) is 9.50 Å². The van der Waals surface area contributed by atoms with Gasteiger partial charge in [-0.15, -0.1) is 0 Å². The Morgan fingerprint density at radius 1 is 1.56 bits per heavy atom. The van der Waals surface area contributed by atoms with Crippen LogP contribution in [0.25, 0.3) is 0 Å². The topological polar surface area (TPSA) is 16.1 Å². The second-order valence-corrected chi connectivity index (χ2v) is 7.58. The summed E-state index contributed by atoms with van der Waals surface area (Å²) in [6.45, 7) is 6.60. The van der Waals surface area contributed by atoms with E-state index in [0.717, 1.165) is 29.1 Å². The summed E-state index contributed by atoms with van der Waals surface area (Å²) in [6, 6.07) is 1.90. The third kappa shape index (κ3) is 2.84. The van der Waals surface area contributed by atoms with Crippen LogP contribution in [-0.4, -0.2) is 28.6 Å². The van der Waals surface area contributed by atoms with Crippen molar-refractivity contribution in [2.75, 3.05) is 23.7 Å². The molecule has 1 aliphatic rings. The number of thioether (sulfide) groups is 1. The van der Waals surface area contributed by atoms with E-state index in [-0.39, 0.29) is 0 Å². The first-order valence-electron chi connectivity index (χ1n) is 5.18. The zero-order valence-electron chi connectivity index (χ0n) is 9.33. The standard InChI is InChI=1S/C11H14BrClN2S/c1-11(2)7-15(3-4-16-11)10-9(12)5-8(13)6-14-10/h5-6H,3-4,7H2,1-2H3. The molecule has 1 aromatic rings. The number of halogens is 2. The molecule has 1 saturated heterocycles. The highest BCUT2D eigenvalue weighted by Crippen LogP contribution is 2.34. The second-order valence-electron chi connectivity index (χ2n) is 4.49. The van der Waals surface area contributed by atoms with Crippen molar-refractivity contribution in [3.05, 3.63) is 21.8 Å². The lowest BCUT2D eigenvalue weighted by Gasteiger charge is -2.38. The first kappa shape index (κ1) is 12.5. The van der Waals surface area contributed by atoms with Crippen LogP contribution in [0.15, 0.2) is 16.7 Å². The highest BCUT2D eigenvalue weighted by molar-refractivity contribution is 9.10. The summed E-state index contributed by atoms with van der Waals surface area (Å²) in [5, 5.41) is 0.668. The Balaban J connectivity index is 2.23. The first-order chi connectivity index (χ1) is 7.48. The molecule has 0 unspecified atom stereocenters. The number of rotatable bonds is 1. The lowest BCUT2D eigenvalue weighted by molar-refractivity contribution is 0.641. The van der Waals surface area contributed by atoms with Gasteiger partial charge in [-0.3, -0.25) is 0 Å². The second kappa shape index (κ2) is 4.75. The Bertz CT molecular complexity index is 398. The molecule has 1 aromatic heterocycles. The van der Waals surface area contributed by atoms with Gasteiger partial charge in [0.1, 0.15) is 5.82 Å². The van der Waals surface area contributed by atoms with Gasteiger partial charge in [0, 0.05) is 29.8 Å². The summed E-state index contributed by atoms with van der Waals surface area (Å²) < 4.78 is 1.27. The summed E-state index contributed by atoms with van der Waals surface area (Å²) in [6.07, 6.45) is 1.70. The molecule has 16 heavy (non-hydrogen) atoms. The summed E-state index contributed by atoms with van der Waals surface area (Å²) in [7, 11) is 0. The van der Waals surface area contributed by atoms with Crippen molar-refractivity contribution in [1.82, 2.24) is 4.98 Å². The van der Waals surface area contributed by atoms with E-state index in [2.05, 4.69) is 39.7 Å². The molecule has 0 saturated carbocycles. The highest BCUT2D eigenvalue weighted by Gasteiger charge is 2.28. The molecule has 0 spiro atoms. The predicted molar refractivity (Wildman–Crippen MR) is 75.7 cm³/mol. The third-order valence-electron chi connectivity index (χ3n) is 2.51. The molecule has 88 valence electrons. The van der Waals surface area contributed by atoms with Gasteiger partial charge in [0.2, 0.25) is 0 Å². The summed E-state index contributed by atoms with van der Waals surface area (Å²) >= 11 is 11.4. The summed E-state index contributed by atoms with van der Waals surface area (Å²) in [5.41, 5.74) is 0. The lowest BCUT2D eigenvalue weighted by atomic mass is 10.2. The van der Waals surface area contributed by atoms with Crippen molar-refractivity contribution in [2.24, 2.45) is 0 Å². The molecule has 2 heterocycles. The largest absolute Gasteiger partial charge is 0.353 e. The molecular formula is C11H14BrClN2S.